The van der Waals surface area contributed by atoms with Gasteiger partial charge in [-0.3, -0.25) is 0 Å². The minimum atomic E-state index is 0.589. The first-order chi connectivity index (χ1) is 9.15. The van der Waals surface area contributed by atoms with Crippen molar-refractivity contribution in [2.75, 3.05) is 0 Å². The summed E-state index contributed by atoms with van der Waals surface area (Å²) in [6, 6.07) is 0. The largest absolute Gasteiger partial charge is 0.425 e. The molecule has 0 aliphatic carbocycles. The average molecular weight is 292 g/mol. The van der Waals surface area contributed by atoms with Gasteiger partial charge in [-0.05, 0) is 19.4 Å². The smallest absolute Gasteiger partial charge is 0.226 e. The summed E-state index contributed by atoms with van der Waals surface area (Å²) >= 11 is 3.31. The Bertz CT molecular complexity index is 734. The van der Waals surface area contributed by atoms with Crippen LogP contribution in [0.4, 0.5) is 0 Å². The van der Waals surface area contributed by atoms with E-state index in [1.165, 1.54) is 10.4 Å². The van der Waals surface area contributed by atoms with Crippen LogP contribution in [0.2, 0.25) is 0 Å². The zero-order valence-corrected chi connectivity index (χ0v) is 12.4. The quantitative estimate of drug-likeness (QED) is 0.545. The fraction of sp³-hybridized carbons (Fsp3) is 0.333. The molecule has 0 saturated carbocycles. The second kappa shape index (κ2) is 4.90. The van der Waals surface area contributed by atoms with E-state index in [-0.39, 0.29) is 0 Å². The second-order valence-electron chi connectivity index (χ2n) is 4.15. The van der Waals surface area contributed by atoms with Gasteiger partial charge in [-0.2, -0.15) is 0 Å². The van der Waals surface area contributed by atoms with Crippen LogP contribution in [0.1, 0.15) is 22.2 Å². The van der Waals surface area contributed by atoms with Crippen LogP contribution in [0.5, 0.6) is 0 Å². The molecule has 98 valence electrons. The summed E-state index contributed by atoms with van der Waals surface area (Å²) in [5, 5.41) is 9.93. The molecule has 3 rings (SSSR count). The van der Waals surface area contributed by atoms with E-state index in [1.54, 1.807) is 36.3 Å². The lowest BCUT2D eigenvalue weighted by molar-refractivity contribution is 0.485. The molecule has 0 aliphatic rings. The van der Waals surface area contributed by atoms with Crippen LogP contribution in [0, 0.1) is 20.8 Å². The lowest BCUT2D eigenvalue weighted by Gasteiger charge is -2.00. The van der Waals surface area contributed by atoms with Gasteiger partial charge in [-0.15, -0.1) is 21.5 Å². The second-order valence-corrected chi connectivity index (χ2v) is 6.31. The number of aryl methyl sites for hydroxylation is 3. The van der Waals surface area contributed by atoms with Crippen molar-refractivity contribution in [3.63, 3.8) is 0 Å². The molecule has 0 amide bonds. The van der Waals surface area contributed by atoms with Crippen molar-refractivity contribution in [1.29, 1.82) is 0 Å². The Morgan fingerprint density at radius 2 is 2.05 bits per heavy atom. The molecule has 3 heterocycles. The molecule has 0 saturated heterocycles. The minimum absolute atomic E-state index is 0.589. The Hall–Kier alpha value is -1.47. The summed E-state index contributed by atoms with van der Waals surface area (Å²) in [5.74, 6) is 1.84. The molecule has 0 atom stereocenters. The lowest BCUT2D eigenvalue weighted by atomic mass is 10.2. The Labute approximate surface area is 118 Å². The molecule has 3 aromatic heterocycles. The molecular weight excluding hydrogens is 280 g/mol. The molecule has 0 aromatic carbocycles. The maximum absolute atomic E-state index is 5.37. The van der Waals surface area contributed by atoms with E-state index < -0.39 is 0 Å². The number of fused-ring (bicyclic) bond motifs is 1. The fourth-order valence-corrected chi connectivity index (χ4v) is 3.74. The molecule has 0 radical (unpaired) electrons. The van der Waals surface area contributed by atoms with E-state index in [0.29, 0.717) is 17.5 Å². The van der Waals surface area contributed by atoms with E-state index in [4.69, 9.17) is 4.42 Å². The van der Waals surface area contributed by atoms with Gasteiger partial charge in [0.2, 0.25) is 11.8 Å². The van der Waals surface area contributed by atoms with E-state index in [2.05, 4.69) is 34.0 Å². The topological polar surface area (TPSA) is 64.7 Å². The Morgan fingerprint density at radius 1 is 1.21 bits per heavy atom. The van der Waals surface area contributed by atoms with Gasteiger partial charge in [0, 0.05) is 17.2 Å². The van der Waals surface area contributed by atoms with Crippen molar-refractivity contribution in [2.45, 2.75) is 31.6 Å². The van der Waals surface area contributed by atoms with E-state index in [0.717, 1.165) is 15.2 Å². The van der Waals surface area contributed by atoms with Crippen molar-refractivity contribution >= 4 is 33.3 Å². The number of rotatable bonds is 3. The van der Waals surface area contributed by atoms with Crippen LogP contribution in [-0.4, -0.2) is 20.2 Å². The first-order valence-corrected chi connectivity index (χ1v) is 7.58. The van der Waals surface area contributed by atoms with Gasteiger partial charge in [0.15, 0.2) is 0 Å². The summed E-state index contributed by atoms with van der Waals surface area (Å²) < 4.78 is 5.37. The number of hydrogen-bond donors (Lipinski definition) is 0. The molecule has 19 heavy (non-hydrogen) atoms. The third kappa shape index (κ3) is 2.35. The Kier molecular flexibility index (Phi) is 3.24. The third-order valence-electron chi connectivity index (χ3n) is 2.83. The standard InChI is InChI=1S/C12H12N4OS2/c1-6-7(2)19-12-10(6)11(13-5-14-12)18-4-9-16-15-8(3)17-9/h5H,4H2,1-3H3. The van der Waals surface area contributed by atoms with Crippen LogP contribution in [-0.2, 0) is 5.75 Å². The summed E-state index contributed by atoms with van der Waals surface area (Å²) in [6.45, 7) is 6.01. The van der Waals surface area contributed by atoms with Crippen LogP contribution < -0.4 is 0 Å². The van der Waals surface area contributed by atoms with Gasteiger partial charge in [0.25, 0.3) is 0 Å². The highest BCUT2D eigenvalue weighted by molar-refractivity contribution is 7.98. The predicted molar refractivity (Wildman–Crippen MR) is 75.5 cm³/mol. The van der Waals surface area contributed by atoms with Gasteiger partial charge in [-0.1, -0.05) is 11.8 Å². The van der Waals surface area contributed by atoms with Crippen molar-refractivity contribution in [3.05, 3.63) is 28.5 Å². The van der Waals surface area contributed by atoms with Gasteiger partial charge < -0.3 is 4.42 Å². The van der Waals surface area contributed by atoms with Crippen molar-refractivity contribution < 1.29 is 4.42 Å². The summed E-state index contributed by atoms with van der Waals surface area (Å²) in [6.07, 6.45) is 1.61. The number of thioether (sulfide) groups is 1. The molecule has 0 N–H and O–H groups in total. The molecule has 5 nitrogen and oxygen atoms in total. The summed E-state index contributed by atoms with van der Waals surface area (Å²) in [4.78, 5) is 11.0. The predicted octanol–water partition coefficient (Wildman–Crippen LogP) is 3.29. The molecule has 3 aromatic rings. The summed E-state index contributed by atoms with van der Waals surface area (Å²) in [5.41, 5.74) is 1.25. The average Bonchev–Trinajstić information content (AvgIpc) is 2.93. The molecular formula is C12H12N4OS2. The number of nitrogens with zero attached hydrogens (tertiary/aromatic N) is 4. The molecule has 7 heteroatoms. The maximum Gasteiger partial charge on any atom is 0.226 e. The van der Waals surface area contributed by atoms with Crippen molar-refractivity contribution in [3.8, 4) is 0 Å². The number of thiophene rings is 1. The van der Waals surface area contributed by atoms with Crippen molar-refractivity contribution in [2.24, 2.45) is 0 Å². The zero-order chi connectivity index (χ0) is 13.4. The molecule has 0 unspecified atom stereocenters. The van der Waals surface area contributed by atoms with Gasteiger partial charge >= 0.3 is 0 Å². The monoisotopic (exact) mass is 292 g/mol. The molecule has 0 aliphatic heterocycles. The van der Waals surface area contributed by atoms with Crippen LogP contribution >= 0.6 is 23.1 Å². The van der Waals surface area contributed by atoms with Crippen LogP contribution in [0.15, 0.2) is 15.8 Å². The van der Waals surface area contributed by atoms with E-state index >= 15 is 0 Å². The van der Waals surface area contributed by atoms with E-state index in [9.17, 15) is 0 Å². The van der Waals surface area contributed by atoms with Crippen LogP contribution in [0.3, 0.4) is 0 Å². The first-order valence-electron chi connectivity index (χ1n) is 5.77. The number of hydrogen-bond acceptors (Lipinski definition) is 7. The Morgan fingerprint density at radius 3 is 2.79 bits per heavy atom. The van der Waals surface area contributed by atoms with Crippen molar-refractivity contribution in [1.82, 2.24) is 20.2 Å². The molecule has 0 spiro atoms. The highest BCUT2D eigenvalue weighted by atomic mass is 32.2. The van der Waals surface area contributed by atoms with E-state index in [1.807, 2.05) is 0 Å². The number of aromatic nitrogens is 4. The highest BCUT2D eigenvalue weighted by Gasteiger charge is 2.13. The van der Waals surface area contributed by atoms with Gasteiger partial charge in [0.05, 0.1) is 5.75 Å². The zero-order valence-electron chi connectivity index (χ0n) is 10.8. The van der Waals surface area contributed by atoms with Crippen LogP contribution in [0.25, 0.3) is 10.2 Å². The maximum atomic E-state index is 5.37. The molecule has 0 fully saturated rings. The minimum Gasteiger partial charge on any atom is -0.425 e. The van der Waals surface area contributed by atoms with Gasteiger partial charge in [0.1, 0.15) is 16.2 Å². The third-order valence-corrected chi connectivity index (χ3v) is 4.92. The summed E-state index contributed by atoms with van der Waals surface area (Å²) in [7, 11) is 0. The molecule has 0 bridgehead atoms. The van der Waals surface area contributed by atoms with Gasteiger partial charge in [-0.25, -0.2) is 9.97 Å². The first kappa shape index (κ1) is 12.6. The Balaban J connectivity index is 1.92. The normalized spacial score (nSPS) is 11.3. The highest BCUT2D eigenvalue weighted by Crippen LogP contribution is 2.35. The fourth-order valence-electron chi connectivity index (χ4n) is 1.79. The lowest BCUT2D eigenvalue weighted by Crippen LogP contribution is -1.87. The SMILES string of the molecule is Cc1nnc(CSc2ncnc3sc(C)c(C)c23)o1.